The maximum absolute atomic E-state index is 12.0. The highest BCUT2D eigenvalue weighted by atomic mass is 35.5. The molecule has 2 aromatic rings. The molecular formula is C10H8ClN2OP. The SMILES string of the molecule is O=[PH](c1ccccc1)c1ccnc(Cl)n1. The molecule has 0 fully saturated rings. The lowest BCUT2D eigenvalue weighted by Gasteiger charge is -2.00. The highest BCUT2D eigenvalue weighted by Crippen LogP contribution is 2.17. The van der Waals surface area contributed by atoms with E-state index in [2.05, 4.69) is 9.97 Å². The molecule has 1 atom stereocenters. The van der Waals surface area contributed by atoms with Crippen molar-refractivity contribution in [3.05, 3.63) is 47.9 Å². The molecule has 0 saturated carbocycles. The van der Waals surface area contributed by atoms with Gasteiger partial charge in [-0.05, 0) is 17.7 Å². The van der Waals surface area contributed by atoms with Gasteiger partial charge in [-0.25, -0.2) is 9.97 Å². The van der Waals surface area contributed by atoms with Gasteiger partial charge in [0.15, 0.2) is 0 Å². The lowest BCUT2D eigenvalue weighted by atomic mass is 10.4. The van der Waals surface area contributed by atoms with Crippen LogP contribution in [0.3, 0.4) is 0 Å². The van der Waals surface area contributed by atoms with Crippen molar-refractivity contribution in [1.82, 2.24) is 9.97 Å². The maximum Gasteiger partial charge on any atom is 0.223 e. The monoisotopic (exact) mass is 238 g/mol. The second-order valence-corrected chi connectivity index (χ2v) is 4.99. The summed E-state index contributed by atoms with van der Waals surface area (Å²) in [6.45, 7) is 0. The summed E-state index contributed by atoms with van der Waals surface area (Å²) in [7, 11) is -2.05. The lowest BCUT2D eigenvalue weighted by Crippen LogP contribution is -2.10. The van der Waals surface area contributed by atoms with E-state index in [4.69, 9.17) is 11.6 Å². The third-order valence-electron chi connectivity index (χ3n) is 1.89. The van der Waals surface area contributed by atoms with E-state index in [-0.39, 0.29) is 5.28 Å². The van der Waals surface area contributed by atoms with Crippen molar-refractivity contribution in [2.24, 2.45) is 0 Å². The smallest absolute Gasteiger partial charge is 0.223 e. The molecule has 1 unspecified atom stereocenters. The number of hydrogen-bond donors (Lipinski definition) is 0. The Bertz CT molecular complexity index is 490. The summed E-state index contributed by atoms with van der Waals surface area (Å²) < 4.78 is 12.0. The summed E-state index contributed by atoms with van der Waals surface area (Å²) in [4.78, 5) is 7.68. The molecule has 0 saturated heterocycles. The van der Waals surface area contributed by atoms with Gasteiger partial charge in [-0.2, -0.15) is 0 Å². The number of nitrogens with zero attached hydrogens (tertiary/aromatic N) is 2. The third kappa shape index (κ3) is 2.44. The predicted octanol–water partition coefficient (Wildman–Crippen LogP) is 1.64. The van der Waals surface area contributed by atoms with E-state index >= 15 is 0 Å². The van der Waals surface area contributed by atoms with Crippen molar-refractivity contribution in [3.63, 3.8) is 0 Å². The molecule has 1 heterocycles. The van der Waals surface area contributed by atoms with E-state index in [1.165, 1.54) is 6.20 Å². The first kappa shape index (κ1) is 10.3. The van der Waals surface area contributed by atoms with Gasteiger partial charge in [0, 0.05) is 11.5 Å². The van der Waals surface area contributed by atoms with Gasteiger partial charge in [-0.1, -0.05) is 30.3 Å². The van der Waals surface area contributed by atoms with Crippen LogP contribution < -0.4 is 10.7 Å². The minimum absolute atomic E-state index is 0.127. The molecule has 1 aromatic carbocycles. The first-order chi connectivity index (χ1) is 7.27. The molecular weight excluding hydrogens is 231 g/mol. The fraction of sp³-hybridized carbons (Fsp3) is 0. The maximum atomic E-state index is 12.0. The van der Waals surface area contributed by atoms with E-state index in [0.29, 0.717) is 5.44 Å². The zero-order valence-electron chi connectivity index (χ0n) is 7.72. The Balaban J connectivity index is 2.37. The molecule has 0 N–H and O–H groups in total. The number of benzene rings is 1. The second-order valence-electron chi connectivity index (χ2n) is 2.91. The Labute approximate surface area is 92.9 Å². The first-order valence-electron chi connectivity index (χ1n) is 4.35. The zero-order valence-corrected chi connectivity index (χ0v) is 9.48. The van der Waals surface area contributed by atoms with Crippen molar-refractivity contribution in [2.75, 3.05) is 0 Å². The standard InChI is InChI=1S/C10H8ClN2OP/c11-10-12-7-6-9(13-10)15(14)8-4-2-1-3-5-8/h1-7,15H. The topological polar surface area (TPSA) is 42.9 Å². The van der Waals surface area contributed by atoms with Crippen LogP contribution in [0.25, 0.3) is 0 Å². The number of aromatic nitrogens is 2. The van der Waals surface area contributed by atoms with Crippen LogP contribution in [-0.2, 0) is 4.57 Å². The summed E-state index contributed by atoms with van der Waals surface area (Å²) in [6, 6.07) is 10.8. The minimum atomic E-state index is -2.05. The van der Waals surface area contributed by atoms with Gasteiger partial charge < -0.3 is 4.57 Å². The number of hydrogen-bond acceptors (Lipinski definition) is 3. The lowest BCUT2D eigenvalue weighted by molar-refractivity contribution is 0.597. The Morgan fingerprint density at radius 1 is 1.13 bits per heavy atom. The predicted molar refractivity (Wildman–Crippen MR) is 61.8 cm³/mol. The quantitative estimate of drug-likeness (QED) is 0.590. The minimum Gasteiger partial charge on any atom is -0.315 e. The second kappa shape index (κ2) is 4.56. The van der Waals surface area contributed by atoms with Crippen LogP contribution in [0.5, 0.6) is 0 Å². The molecule has 76 valence electrons. The molecule has 0 bridgehead atoms. The zero-order chi connectivity index (χ0) is 10.7. The Morgan fingerprint density at radius 3 is 2.53 bits per heavy atom. The summed E-state index contributed by atoms with van der Waals surface area (Å²) in [5.41, 5.74) is 0.492. The van der Waals surface area contributed by atoms with Gasteiger partial charge in [-0.15, -0.1) is 0 Å². The van der Waals surface area contributed by atoms with Gasteiger partial charge in [-0.3, -0.25) is 0 Å². The van der Waals surface area contributed by atoms with E-state index in [1.54, 1.807) is 6.07 Å². The fourth-order valence-electron chi connectivity index (χ4n) is 1.20. The molecule has 5 heteroatoms. The van der Waals surface area contributed by atoms with Crippen LogP contribution in [0.15, 0.2) is 42.6 Å². The highest BCUT2D eigenvalue weighted by molar-refractivity contribution is 7.61. The van der Waals surface area contributed by atoms with Crippen LogP contribution in [0.4, 0.5) is 0 Å². The first-order valence-corrected chi connectivity index (χ1v) is 6.14. The van der Waals surface area contributed by atoms with Crippen LogP contribution in [-0.4, -0.2) is 9.97 Å². The third-order valence-corrected chi connectivity index (χ3v) is 3.68. The molecule has 0 amide bonds. The van der Waals surface area contributed by atoms with E-state index < -0.39 is 7.80 Å². The molecule has 3 nitrogen and oxygen atoms in total. The molecule has 0 spiro atoms. The van der Waals surface area contributed by atoms with Crippen molar-refractivity contribution >= 4 is 30.1 Å². The van der Waals surface area contributed by atoms with Crippen molar-refractivity contribution in [3.8, 4) is 0 Å². The Kier molecular flexibility index (Phi) is 3.14. The molecule has 1 aromatic heterocycles. The fourth-order valence-corrected chi connectivity index (χ4v) is 2.64. The van der Waals surface area contributed by atoms with Crippen molar-refractivity contribution in [2.45, 2.75) is 0 Å². The summed E-state index contributed by atoms with van der Waals surface area (Å²) >= 11 is 5.63. The Hall–Kier alpha value is -1.18. The average molecular weight is 239 g/mol. The van der Waals surface area contributed by atoms with E-state index in [9.17, 15) is 4.57 Å². The van der Waals surface area contributed by atoms with Gasteiger partial charge in [0.05, 0.1) is 0 Å². The molecule has 0 radical (unpaired) electrons. The van der Waals surface area contributed by atoms with Gasteiger partial charge in [0.2, 0.25) is 5.28 Å². The average Bonchev–Trinajstić information content (AvgIpc) is 2.29. The van der Waals surface area contributed by atoms with E-state index in [1.807, 2.05) is 30.3 Å². The van der Waals surface area contributed by atoms with Crippen LogP contribution >= 0.6 is 19.4 Å². The van der Waals surface area contributed by atoms with Gasteiger partial charge in [0.25, 0.3) is 0 Å². The molecule has 0 aliphatic heterocycles. The number of halogens is 1. The van der Waals surface area contributed by atoms with Crippen LogP contribution in [0.2, 0.25) is 5.28 Å². The molecule has 15 heavy (non-hydrogen) atoms. The normalized spacial score (nSPS) is 12.3. The summed E-state index contributed by atoms with van der Waals surface area (Å²) in [6.07, 6.45) is 1.51. The summed E-state index contributed by atoms with van der Waals surface area (Å²) in [5.74, 6) is 0. The number of rotatable bonds is 2. The largest absolute Gasteiger partial charge is 0.315 e. The highest BCUT2D eigenvalue weighted by Gasteiger charge is 2.07. The summed E-state index contributed by atoms with van der Waals surface area (Å²) in [5, 5.41) is 0.902. The Morgan fingerprint density at radius 2 is 1.87 bits per heavy atom. The van der Waals surface area contributed by atoms with E-state index in [0.717, 1.165) is 5.30 Å². The van der Waals surface area contributed by atoms with Gasteiger partial charge >= 0.3 is 0 Å². The van der Waals surface area contributed by atoms with Crippen LogP contribution in [0.1, 0.15) is 0 Å². The molecule has 2 rings (SSSR count). The van der Waals surface area contributed by atoms with Crippen molar-refractivity contribution < 1.29 is 4.57 Å². The van der Waals surface area contributed by atoms with Crippen LogP contribution in [0, 0.1) is 0 Å². The molecule has 0 aliphatic rings. The van der Waals surface area contributed by atoms with Gasteiger partial charge in [0.1, 0.15) is 13.2 Å². The van der Waals surface area contributed by atoms with Crippen molar-refractivity contribution in [1.29, 1.82) is 0 Å². The molecule has 0 aliphatic carbocycles.